The topological polar surface area (TPSA) is 21.3 Å². The number of rotatable bonds is 9. The maximum atomic E-state index is 5.93. The van der Waals surface area contributed by atoms with Gasteiger partial charge in [-0.2, -0.15) is 0 Å². The lowest BCUT2D eigenvalue weighted by molar-refractivity contribution is 0.305. The molecule has 4 rings (SSSR count). The van der Waals surface area contributed by atoms with Crippen LogP contribution in [-0.2, 0) is 13.0 Å². The van der Waals surface area contributed by atoms with Gasteiger partial charge in [-0.25, -0.2) is 0 Å². The number of nitrogens with one attached hydrogen (secondary N) is 1. The van der Waals surface area contributed by atoms with Crippen molar-refractivity contribution in [3.8, 4) is 5.75 Å². The highest BCUT2D eigenvalue weighted by molar-refractivity contribution is 5.30. The van der Waals surface area contributed by atoms with Crippen LogP contribution in [0.3, 0.4) is 0 Å². The Morgan fingerprint density at radius 2 is 1.33 bits per heavy atom. The minimum absolute atomic E-state index is 0.626. The van der Waals surface area contributed by atoms with Crippen LogP contribution in [-0.4, -0.2) is 12.6 Å². The lowest BCUT2D eigenvalue weighted by Crippen LogP contribution is -2.33. The number of benzene rings is 3. The minimum atomic E-state index is 0.626. The fourth-order valence-corrected chi connectivity index (χ4v) is 4.45. The molecule has 1 saturated carbocycles. The van der Waals surface area contributed by atoms with Crippen molar-refractivity contribution in [2.75, 3.05) is 6.54 Å². The summed E-state index contributed by atoms with van der Waals surface area (Å²) in [4.78, 5) is 0. The van der Waals surface area contributed by atoms with Crippen molar-refractivity contribution >= 4 is 0 Å². The second kappa shape index (κ2) is 11.0. The van der Waals surface area contributed by atoms with Crippen molar-refractivity contribution in [3.05, 3.63) is 102 Å². The van der Waals surface area contributed by atoms with Gasteiger partial charge in [-0.15, -0.1) is 0 Å². The minimum Gasteiger partial charge on any atom is -0.489 e. The molecule has 1 aliphatic rings. The maximum Gasteiger partial charge on any atom is 0.119 e. The third kappa shape index (κ3) is 6.21. The van der Waals surface area contributed by atoms with E-state index < -0.39 is 0 Å². The summed E-state index contributed by atoms with van der Waals surface area (Å²) in [5, 5.41) is 3.79. The first-order valence-corrected chi connectivity index (χ1v) is 11.4. The number of ether oxygens (including phenoxy) is 1. The fourth-order valence-electron chi connectivity index (χ4n) is 4.45. The fraction of sp³-hybridized carbons (Fsp3) is 0.357. The summed E-state index contributed by atoms with van der Waals surface area (Å²) in [5.41, 5.74) is 4.11. The van der Waals surface area contributed by atoms with Crippen molar-refractivity contribution in [1.82, 2.24) is 5.32 Å². The van der Waals surface area contributed by atoms with Crippen molar-refractivity contribution in [2.24, 2.45) is 0 Å². The Morgan fingerprint density at radius 3 is 2.00 bits per heavy atom. The summed E-state index contributed by atoms with van der Waals surface area (Å²) >= 11 is 0. The van der Waals surface area contributed by atoms with E-state index in [9.17, 15) is 0 Å². The van der Waals surface area contributed by atoms with E-state index in [2.05, 4.69) is 84.2 Å². The van der Waals surface area contributed by atoms with E-state index in [-0.39, 0.29) is 0 Å². The third-order valence-corrected chi connectivity index (χ3v) is 6.25. The Labute approximate surface area is 181 Å². The van der Waals surface area contributed by atoms with E-state index in [4.69, 9.17) is 4.74 Å². The van der Waals surface area contributed by atoms with Gasteiger partial charge in [0.05, 0.1) is 0 Å². The normalized spacial score (nSPS) is 18.8. The van der Waals surface area contributed by atoms with Crippen LogP contribution in [0.15, 0.2) is 84.9 Å². The summed E-state index contributed by atoms with van der Waals surface area (Å²) in [6, 6.07) is 30.6. The molecule has 2 heteroatoms. The molecular weight excluding hydrogens is 366 g/mol. The largest absolute Gasteiger partial charge is 0.489 e. The highest BCUT2D eigenvalue weighted by atomic mass is 16.5. The van der Waals surface area contributed by atoms with Gasteiger partial charge in [0.25, 0.3) is 0 Å². The first-order chi connectivity index (χ1) is 14.9. The van der Waals surface area contributed by atoms with Crippen LogP contribution < -0.4 is 10.1 Å². The molecule has 1 fully saturated rings. The lowest BCUT2D eigenvalue weighted by atomic mass is 9.81. The summed E-state index contributed by atoms with van der Waals surface area (Å²) in [6.07, 6.45) is 7.50. The number of hydrogen-bond donors (Lipinski definition) is 1. The van der Waals surface area contributed by atoms with Gasteiger partial charge >= 0.3 is 0 Å². The molecule has 1 N–H and O–H groups in total. The van der Waals surface area contributed by atoms with Crippen LogP contribution >= 0.6 is 0 Å². The zero-order valence-electron chi connectivity index (χ0n) is 17.8. The molecule has 3 aromatic carbocycles. The quantitative estimate of drug-likeness (QED) is 0.414. The molecule has 0 saturated heterocycles. The second-order valence-electron chi connectivity index (χ2n) is 8.44. The molecule has 2 nitrogen and oxygen atoms in total. The van der Waals surface area contributed by atoms with Gasteiger partial charge in [-0.05, 0) is 79.8 Å². The summed E-state index contributed by atoms with van der Waals surface area (Å²) in [6.45, 7) is 1.75. The highest BCUT2D eigenvalue weighted by Crippen LogP contribution is 2.33. The molecule has 0 aliphatic heterocycles. The molecule has 0 aromatic heterocycles. The van der Waals surface area contributed by atoms with Crippen LogP contribution in [0, 0.1) is 0 Å². The van der Waals surface area contributed by atoms with E-state index >= 15 is 0 Å². The molecule has 30 heavy (non-hydrogen) atoms. The molecule has 0 spiro atoms. The van der Waals surface area contributed by atoms with Crippen LogP contribution in [0.5, 0.6) is 5.75 Å². The number of aryl methyl sites for hydroxylation is 1. The molecule has 0 unspecified atom stereocenters. The molecule has 156 valence electrons. The average molecular weight is 400 g/mol. The summed E-state index contributed by atoms with van der Waals surface area (Å²) in [7, 11) is 0. The third-order valence-electron chi connectivity index (χ3n) is 6.25. The van der Waals surface area contributed by atoms with Crippen LogP contribution in [0.2, 0.25) is 0 Å². The zero-order valence-corrected chi connectivity index (χ0v) is 17.8. The summed E-state index contributed by atoms with van der Waals surface area (Å²) in [5.74, 6) is 1.65. The molecule has 3 aromatic rings. The van der Waals surface area contributed by atoms with Gasteiger partial charge in [0, 0.05) is 6.04 Å². The molecule has 0 radical (unpaired) electrons. The van der Waals surface area contributed by atoms with Gasteiger partial charge in [-0.3, -0.25) is 0 Å². The average Bonchev–Trinajstić information content (AvgIpc) is 2.83. The van der Waals surface area contributed by atoms with E-state index in [0.29, 0.717) is 18.6 Å². The van der Waals surface area contributed by atoms with Crippen molar-refractivity contribution in [2.45, 2.75) is 57.1 Å². The maximum absolute atomic E-state index is 5.93. The van der Waals surface area contributed by atoms with Crippen LogP contribution in [0.25, 0.3) is 0 Å². The monoisotopic (exact) mass is 399 g/mol. The standard InChI is InChI=1S/C28H33NO/c1-3-8-23(9-4-1)12-7-21-29-27-17-13-25(14-18-27)26-15-19-28(20-16-26)30-22-24-10-5-2-6-11-24/h1-6,8-11,15-16,19-20,25,27,29H,7,12-14,17-18,21-22H2. The van der Waals surface area contributed by atoms with Gasteiger partial charge < -0.3 is 10.1 Å². The van der Waals surface area contributed by atoms with Crippen LogP contribution in [0.4, 0.5) is 0 Å². The Morgan fingerprint density at radius 1 is 0.700 bits per heavy atom. The molecule has 0 bridgehead atoms. The van der Waals surface area contributed by atoms with E-state index in [1.165, 1.54) is 55.2 Å². The smallest absolute Gasteiger partial charge is 0.119 e. The number of hydrogen-bond acceptors (Lipinski definition) is 2. The predicted molar refractivity (Wildman–Crippen MR) is 125 cm³/mol. The first-order valence-electron chi connectivity index (χ1n) is 11.4. The second-order valence-corrected chi connectivity index (χ2v) is 8.44. The zero-order chi connectivity index (χ0) is 20.4. The first kappa shape index (κ1) is 20.7. The highest BCUT2D eigenvalue weighted by Gasteiger charge is 2.21. The molecule has 0 atom stereocenters. The van der Waals surface area contributed by atoms with Gasteiger partial charge in [-0.1, -0.05) is 72.8 Å². The Balaban J connectivity index is 1.16. The molecule has 0 amide bonds. The SMILES string of the molecule is c1ccc(CCCNC2CCC(c3ccc(OCc4ccccc4)cc3)CC2)cc1. The molecule has 1 aliphatic carbocycles. The molecule has 0 heterocycles. The van der Waals surface area contributed by atoms with E-state index in [1.807, 2.05) is 6.07 Å². The Kier molecular flexibility index (Phi) is 7.57. The van der Waals surface area contributed by atoms with E-state index in [0.717, 1.165) is 12.3 Å². The lowest BCUT2D eigenvalue weighted by Gasteiger charge is -2.29. The van der Waals surface area contributed by atoms with Crippen molar-refractivity contribution < 1.29 is 4.74 Å². The van der Waals surface area contributed by atoms with Crippen molar-refractivity contribution in [1.29, 1.82) is 0 Å². The van der Waals surface area contributed by atoms with Gasteiger partial charge in [0.2, 0.25) is 0 Å². The summed E-state index contributed by atoms with van der Waals surface area (Å²) < 4.78 is 5.93. The Hall–Kier alpha value is -2.58. The molecular formula is C28H33NO. The van der Waals surface area contributed by atoms with E-state index in [1.54, 1.807) is 0 Å². The van der Waals surface area contributed by atoms with Crippen LogP contribution in [0.1, 0.15) is 54.7 Å². The van der Waals surface area contributed by atoms with Gasteiger partial charge in [0.15, 0.2) is 0 Å². The van der Waals surface area contributed by atoms with Crippen molar-refractivity contribution in [3.63, 3.8) is 0 Å². The predicted octanol–water partition coefficient (Wildman–Crippen LogP) is 6.51. The van der Waals surface area contributed by atoms with Gasteiger partial charge in [0.1, 0.15) is 12.4 Å². The Bertz CT molecular complexity index is 852.